The number of rotatable bonds is 6. The summed E-state index contributed by atoms with van der Waals surface area (Å²) in [6.45, 7) is 0. The maximum absolute atomic E-state index is 11.7. The third kappa shape index (κ3) is 3.90. The number of para-hydroxylation sites is 3. The average molecular weight is 407 g/mol. The van der Waals surface area contributed by atoms with Gasteiger partial charge in [-0.25, -0.2) is 9.78 Å². The van der Waals surface area contributed by atoms with Crippen molar-refractivity contribution < 1.29 is 19.2 Å². The largest absolute Gasteiger partial charge is 0.477 e. The second-order valence-corrected chi connectivity index (χ2v) is 6.98. The van der Waals surface area contributed by atoms with Crippen molar-refractivity contribution in [3.8, 4) is 11.3 Å². The Kier molecular flexibility index (Phi) is 4.88. The van der Waals surface area contributed by atoms with E-state index in [-0.39, 0.29) is 22.1 Å². The minimum absolute atomic E-state index is 0.00693. The molecule has 0 aliphatic rings. The number of nitrogens with one attached hydrogen (secondary N) is 1. The van der Waals surface area contributed by atoms with Gasteiger partial charge in [-0.3, -0.25) is 10.1 Å². The Hall–Kier alpha value is -3.85. The predicted molar refractivity (Wildman–Crippen MR) is 108 cm³/mol. The lowest BCUT2D eigenvalue weighted by Crippen LogP contribution is -1.96. The molecular formula is C20H13N3O5S. The number of imidazole rings is 1. The molecule has 0 amide bonds. The number of aliphatic carboxylic acids is 1. The van der Waals surface area contributed by atoms with Crippen molar-refractivity contribution in [2.45, 2.75) is 5.16 Å². The molecule has 2 aromatic heterocycles. The van der Waals surface area contributed by atoms with Crippen LogP contribution in [-0.2, 0) is 4.79 Å². The molecule has 0 fully saturated rings. The first-order chi connectivity index (χ1) is 14.0. The van der Waals surface area contributed by atoms with Gasteiger partial charge >= 0.3 is 5.97 Å². The Morgan fingerprint density at radius 2 is 1.90 bits per heavy atom. The Balaban J connectivity index is 1.65. The first-order valence-corrected chi connectivity index (χ1v) is 9.24. The van der Waals surface area contributed by atoms with Crippen LogP contribution < -0.4 is 0 Å². The number of aromatic amines is 1. The van der Waals surface area contributed by atoms with Crippen LogP contribution in [0.3, 0.4) is 0 Å². The summed E-state index contributed by atoms with van der Waals surface area (Å²) in [5, 5.41) is 21.2. The number of hydrogen-bond acceptors (Lipinski definition) is 6. The van der Waals surface area contributed by atoms with Crippen LogP contribution in [-0.4, -0.2) is 26.0 Å². The van der Waals surface area contributed by atoms with Crippen LogP contribution in [0.15, 0.2) is 75.1 Å². The third-order valence-corrected chi connectivity index (χ3v) is 4.95. The first kappa shape index (κ1) is 18.5. The highest BCUT2D eigenvalue weighted by Crippen LogP contribution is 2.33. The van der Waals surface area contributed by atoms with E-state index in [1.54, 1.807) is 30.3 Å². The summed E-state index contributed by atoms with van der Waals surface area (Å²) in [6, 6.07) is 16.7. The summed E-state index contributed by atoms with van der Waals surface area (Å²) in [5.41, 5.74) is 1.76. The van der Waals surface area contributed by atoms with Gasteiger partial charge in [0.1, 0.15) is 16.4 Å². The maximum atomic E-state index is 11.7. The van der Waals surface area contributed by atoms with Crippen molar-refractivity contribution in [3.63, 3.8) is 0 Å². The van der Waals surface area contributed by atoms with E-state index >= 15 is 0 Å². The molecule has 0 aliphatic heterocycles. The van der Waals surface area contributed by atoms with Gasteiger partial charge in [0.05, 0.1) is 21.5 Å². The van der Waals surface area contributed by atoms with E-state index in [0.717, 1.165) is 22.8 Å². The minimum Gasteiger partial charge on any atom is -0.477 e. The second-order valence-electron chi connectivity index (χ2n) is 5.95. The van der Waals surface area contributed by atoms with Crippen molar-refractivity contribution in [1.82, 2.24) is 9.97 Å². The van der Waals surface area contributed by atoms with E-state index in [4.69, 9.17) is 4.42 Å². The molecule has 29 heavy (non-hydrogen) atoms. The zero-order valence-electron chi connectivity index (χ0n) is 14.7. The molecule has 4 aromatic rings. The summed E-state index contributed by atoms with van der Waals surface area (Å²) in [6.07, 6.45) is 1.36. The predicted octanol–water partition coefficient (Wildman–Crippen LogP) is 4.95. The van der Waals surface area contributed by atoms with Gasteiger partial charge < -0.3 is 14.5 Å². The van der Waals surface area contributed by atoms with Gasteiger partial charge in [0.2, 0.25) is 0 Å². The van der Waals surface area contributed by atoms with Crippen LogP contribution in [0.2, 0.25) is 0 Å². The SMILES string of the molecule is O=C(O)/C(=C/c1ccc(-c2ccccc2[N+](=O)[O-])o1)Sc1nc2ccccc2[nH]1. The van der Waals surface area contributed by atoms with E-state index in [2.05, 4.69) is 9.97 Å². The number of fused-ring (bicyclic) bond motifs is 1. The van der Waals surface area contributed by atoms with Crippen LogP contribution in [0.25, 0.3) is 28.4 Å². The Morgan fingerprint density at radius 3 is 2.66 bits per heavy atom. The van der Waals surface area contributed by atoms with Crippen molar-refractivity contribution in [2.75, 3.05) is 0 Å². The molecular weight excluding hydrogens is 394 g/mol. The number of thioether (sulfide) groups is 1. The number of carboxylic acids is 1. The van der Waals surface area contributed by atoms with Crippen LogP contribution in [0.1, 0.15) is 5.76 Å². The van der Waals surface area contributed by atoms with Crippen molar-refractivity contribution in [3.05, 3.63) is 81.4 Å². The zero-order chi connectivity index (χ0) is 20.4. The number of benzene rings is 2. The van der Waals surface area contributed by atoms with Gasteiger partial charge in [0, 0.05) is 12.1 Å². The molecule has 0 radical (unpaired) electrons. The Labute approximate surface area is 168 Å². The third-order valence-electron chi connectivity index (χ3n) is 4.05. The number of hydrogen-bond donors (Lipinski definition) is 2. The number of furan rings is 1. The Morgan fingerprint density at radius 1 is 1.14 bits per heavy atom. The molecule has 0 spiro atoms. The molecule has 4 rings (SSSR count). The molecule has 144 valence electrons. The highest BCUT2D eigenvalue weighted by Gasteiger charge is 2.18. The lowest BCUT2D eigenvalue weighted by Gasteiger charge is -2.00. The van der Waals surface area contributed by atoms with E-state index in [1.165, 1.54) is 12.1 Å². The number of nitro groups is 1. The van der Waals surface area contributed by atoms with E-state index in [1.807, 2.05) is 24.3 Å². The minimum atomic E-state index is -1.14. The fourth-order valence-corrected chi connectivity index (χ4v) is 3.54. The van der Waals surface area contributed by atoms with Gasteiger partial charge in [0.15, 0.2) is 5.16 Å². The van der Waals surface area contributed by atoms with Crippen molar-refractivity contribution in [1.29, 1.82) is 0 Å². The summed E-state index contributed by atoms with van der Waals surface area (Å²) >= 11 is 0.957. The van der Waals surface area contributed by atoms with E-state index in [0.29, 0.717) is 10.7 Å². The average Bonchev–Trinajstić information content (AvgIpc) is 3.33. The van der Waals surface area contributed by atoms with Crippen molar-refractivity contribution >= 4 is 40.5 Å². The molecule has 2 aromatic carbocycles. The summed E-state index contributed by atoms with van der Waals surface area (Å²) in [7, 11) is 0. The fourth-order valence-electron chi connectivity index (χ4n) is 2.76. The van der Waals surface area contributed by atoms with E-state index < -0.39 is 10.9 Å². The monoisotopic (exact) mass is 407 g/mol. The Bertz CT molecular complexity index is 1220. The fraction of sp³-hybridized carbons (Fsp3) is 0. The first-order valence-electron chi connectivity index (χ1n) is 8.42. The molecule has 0 unspecified atom stereocenters. The van der Waals surface area contributed by atoms with E-state index in [9.17, 15) is 20.0 Å². The molecule has 9 heteroatoms. The van der Waals surface area contributed by atoms with Gasteiger partial charge in [-0.2, -0.15) is 0 Å². The van der Waals surface area contributed by atoms with Crippen LogP contribution in [0.4, 0.5) is 5.69 Å². The summed E-state index contributed by atoms with van der Waals surface area (Å²) in [5.74, 6) is -0.597. The van der Waals surface area contributed by atoms with Crippen LogP contribution >= 0.6 is 11.8 Å². The second kappa shape index (κ2) is 7.64. The topological polar surface area (TPSA) is 122 Å². The number of nitro benzene ring substituents is 1. The zero-order valence-corrected chi connectivity index (χ0v) is 15.6. The summed E-state index contributed by atoms with van der Waals surface area (Å²) in [4.78, 5) is 29.8. The van der Waals surface area contributed by atoms with Crippen LogP contribution in [0, 0.1) is 10.1 Å². The highest BCUT2D eigenvalue weighted by molar-refractivity contribution is 8.04. The van der Waals surface area contributed by atoms with Gasteiger partial charge in [-0.15, -0.1) is 0 Å². The van der Waals surface area contributed by atoms with Gasteiger partial charge in [-0.1, -0.05) is 24.3 Å². The summed E-state index contributed by atoms with van der Waals surface area (Å²) < 4.78 is 5.65. The number of aromatic nitrogens is 2. The van der Waals surface area contributed by atoms with Crippen LogP contribution in [0.5, 0.6) is 0 Å². The molecule has 0 saturated carbocycles. The maximum Gasteiger partial charge on any atom is 0.342 e. The molecule has 2 heterocycles. The molecule has 2 N–H and O–H groups in total. The lowest BCUT2D eigenvalue weighted by molar-refractivity contribution is -0.384. The number of carbonyl (C=O) groups is 1. The lowest BCUT2D eigenvalue weighted by atomic mass is 10.1. The molecule has 8 nitrogen and oxygen atoms in total. The molecule has 0 aliphatic carbocycles. The smallest absolute Gasteiger partial charge is 0.342 e. The normalized spacial score (nSPS) is 11.7. The number of carboxylic acid groups (broad SMARTS) is 1. The number of H-pyrrole nitrogens is 1. The highest BCUT2D eigenvalue weighted by atomic mass is 32.2. The number of nitrogens with zero attached hydrogens (tertiary/aromatic N) is 2. The quantitative estimate of drug-likeness (QED) is 0.201. The van der Waals surface area contributed by atoms with Gasteiger partial charge in [-0.05, 0) is 42.1 Å². The standard InChI is InChI=1S/C20H13N3O5S/c24-19(25)18(29-20-21-14-6-2-3-7-15(14)22-20)11-12-9-10-17(28-12)13-5-1-4-8-16(13)23(26)27/h1-11H,(H,21,22)(H,24,25)/b18-11-. The molecule has 0 bridgehead atoms. The van der Waals surface area contributed by atoms with Gasteiger partial charge in [0.25, 0.3) is 5.69 Å². The molecule has 0 saturated heterocycles. The molecule has 0 atom stereocenters. The van der Waals surface area contributed by atoms with Crippen molar-refractivity contribution in [2.24, 2.45) is 0 Å².